The van der Waals surface area contributed by atoms with Gasteiger partial charge in [0.1, 0.15) is 11.4 Å². The number of aromatic nitrogens is 1. The minimum absolute atomic E-state index is 0.278. The third-order valence-electron chi connectivity index (χ3n) is 2.44. The Morgan fingerprint density at radius 2 is 2.39 bits per heavy atom. The van der Waals surface area contributed by atoms with Crippen LogP contribution in [0.15, 0.2) is 18.3 Å². The molecule has 0 saturated heterocycles. The van der Waals surface area contributed by atoms with Crippen molar-refractivity contribution in [3.8, 4) is 0 Å². The minimum atomic E-state index is -0.329. The Kier molecular flexibility index (Phi) is 6.57. The van der Waals surface area contributed by atoms with Crippen molar-refractivity contribution in [2.75, 3.05) is 23.9 Å². The Balaban J connectivity index is 2.72. The molecular weight excluding hydrogens is 248 g/mol. The van der Waals surface area contributed by atoms with E-state index < -0.39 is 0 Å². The molecule has 0 aromatic carbocycles. The Bertz CT molecular complexity index is 385. The summed E-state index contributed by atoms with van der Waals surface area (Å²) in [4.78, 5) is 16.0. The van der Waals surface area contributed by atoms with Crippen LogP contribution in [0.2, 0.25) is 0 Å². The molecule has 5 heteroatoms. The predicted octanol–water partition coefficient (Wildman–Crippen LogP) is 2.81. The molecule has 0 saturated carbocycles. The number of nitrogens with one attached hydrogen (secondary N) is 1. The molecule has 1 unspecified atom stereocenters. The van der Waals surface area contributed by atoms with Gasteiger partial charge in [0.2, 0.25) is 0 Å². The van der Waals surface area contributed by atoms with Crippen molar-refractivity contribution in [2.45, 2.75) is 26.3 Å². The molecule has 0 amide bonds. The normalized spacial score (nSPS) is 11.9. The summed E-state index contributed by atoms with van der Waals surface area (Å²) in [6.07, 6.45) is 4.78. The zero-order valence-electron chi connectivity index (χ0n) is 11.1. The van der Waals surface area contributed by atoms with Crippen molar-refractivity contribution in [3.05, 3.63) is 23.9 Å². The number of thioether (sulfide) groups is 1. The van der Waals surface area contributed by atoms with E-state index in [-0.39, 0.29) is 12.0 Å². The van der Waals surface area contributed by atoms with Crippen molar-refractivity contribution >= 4 is 23.5 Å². The summed E-state index contributed by atoms with van der Waals surface area (Å²) in [7, 11) is 0. The molecular formula is C13H20N2O2S. The van der Waals surface area contributed by atoms with Crippen LogP contribution < -0.4 is 5.32 Å². The molecule has 1 N–H and O–H groups in total. The van der Waals surface area contributed by atoms with Gasteiger partial charge in [-0.2, -0.15) is 11.8 Å². The van der Waals surface area contributed by atoms with Crippen LogP contribution in [0.25, 0.3) is 0 Å². The molecule has 1 atom stereocenters. The maximum Gasteiger partial charge on any atom is 0.341 e. The van der Waals surface area contributed by atoms with E-state index in [1.165, 1.54) is 0 Å². The van der Waals surface area contributed by atoms with Gasteiger partial charge in [0, 0.05) is 12.2 Å². The second kappa shape index (κ2) is 7.97. The van der Waals surface area contributed by atoms with E-state index in [4.69, 9.17) is 4.74 Å². The van der Waals surface area contributed by atoms with Crippen LogP contribution in [0, 0.1) is 0 Å². The van der Waals surface area contributed by atoms with Crippen molar-refractivity contribution < 1.29 is 9.53 Å². The lowest BCUT2D eigenvalue weighted by atomic mass is 10.2. The van der Waals surface area contributed by atoms with Gasteiger partial charge >= 0.3 is 5.97 Å². The molecule has 4 nitrogen and oxygen atoms in total. The topological polar surface area (TPSA) is 51.2 Å². The number of carbonyl (C=O) groups is 1. The highest BCUT2D eigenvalue weighted by molar-refractivity contribution is 7.98. The summed E-state index contributed by atoms with van der Waals surface area (Å²) in [5.41, 5.74) is 0.496. The molecule has 0 bridgehead atoms. The number of hydrogen-bond donors (Lipinski definition) is 1. The van der Waals surface area contributed by atoms with E-state index in [0.717, 1.165) is 12.2 Å². The molecule has 100 valence electrons. The summed E-state index contributed by atoms with van der Waals surface area (Å²) < 4.78 is 5.01. The van der Waals surface area contributed by atoms with Gasteiger partial charge in [-0.1, -0.05) is 0 Å². The third kappa shape index (κ3) is 4.56. The first-order valence-corrected chi connectivity index (χ1v) is 7.46. The molecule has 0 fully saturated rings. The van der Waals surface area contributed by atoms with Crippen molar-refractivity contribution in [1.82, 2.24) is 4.98 Å². The first-order valence-electron chi connectivity index (χ1n) is 6.06. The van der Waals surface area contributed by atoms with Gasteiger partial charge in [-0.15, -0.1) is 0 Å². The number of pyridine rings is 1. The molecule has 1 heterocycles. The van der Waals surface area contributed by atoms with Crippen LogP contribution in [0.1, 0.15) is 30.6 Å². The Hall–Kier alpha value is -1.23. The van der Waals surface area contributed by atoms with Gasteiger partial charge in [-0.3, -0.25) is 0 Å². The zero-order chi connectivity index (χ0) is 13.4. The molecule has 0 aliphatic carbocycles. The fourth-order valence-electron chi connectivity index (χ4n) is 1.49. The molecule has 0 aliphatic rings. The van der Waals surface area contributed by atoms with Gasteiger partial charge in [0.05, 0.1) is 6.61 Å². The highest BCUT2D eigenvalue weighted by Crippen LogP contribution is 2.15. The van der Waals surface area contributed by atoms with Crippen LogP contribution in [-0.4, -0.2) is 35.6 Å². The van der Waals surface area contributed by atoms with Crippen LogP contribution in [0.5, 0.6) is 0 Å². The summed E-state index contributed by atoms with van der Waals surface area (Å²) in [5, 5.41) is 3.26. The van der Waals surface area contributed by atoms with Crippen molar-refractivity contribution in [1.29, 1.82) is 0 Å². The molecule has 18 heavy (non-hydrogen) atoms. The Morgan fingerprint density at radius 3 is 3.06 bits per heavy atom. The summed E-state index contributed by atoms with van der Waals surface area (Å²) in [6, 6.07) is 3.75. The molecule has 1 aromatic rings. The second-order valence-electron chi connectivity index (χ2n) is 3.95. The number of esters is 1. The fourth-order valence-corrected chi connectivity index (χ4v) is 2.08. The fraction of sp³-hybridized carbons (Fsp3) is 0.538. The number of carbonyl (C=O) groups excluding carboxylic acids is 1. The number of anilines is 1. The van der Waals surface area contributed by atoms with E-state index in [1.54, 1.807) is 25.3 Å². The largest absolute Gasteiger partial charge is 0.462 e. The number of nitrogens with zero attached hydrogens (tertiary/aromatic N) is 1. The van der Waals surface area contributed by atoms with Crippen LogP contribution >= 0.6 is 11.8 Å². The maximum atomic E-state index is 11.8. The van der Waals surface area contributed by atoms with E-state index in [0.29, 0.717) is 18.0 Å². The van der Waals surface area contributed by atoms with Crippen LogP contribution in [-0.2, 0) is 4.74 Å². The molecule has 1 aromatic heterocycles. The van der Waals surface area contributed by atoms with E-state index in [1.807, 2.05) is 11.8 Å². The van der Waals surface area contributed by atoms with E-state index >= 15 is 0 Å². The third-order valence-corrected chi connectivity index (χ3v) is 3.09. The number of ether oxygens (including phenoxy) is 1. The highest BCUT2D eigenvalue weighted by Gasteiger charge is 2.14. The monoisotopic (exact) mass is 268 g/mol. The van der Waals surface area contributed by atoms with Gasteiger partial charge in [-0.25, -0.2) is 9.78 Å². The predicted molar refractivity (Wildman–Crippen MR) is 76.3 cm³/mol. The number of rotatable bonds is 7. The number of hydrogen-bond acceptors (Lipinski definition) is 5. The van der Waals surface area contributed by atoms with Gasteiger partial charge in [-0.05, 0) is 44.4 Å². The first-order chi connectivity index (χ1) is 8.69. The van der Waals surface area contributed by atoms with E-state index in [2.05, 4.69) is 23.5 Å². The van der Waals surface area contributed by atoms with Crippen LogP contribution in [0.4, 0.5) is 5.82 Å². The van der Waals surface area contributed by atoms with Crippen molar-refractivity contribution in [2.24, 2.45) is 0 Å². The smallest absolute Gasteiger partial charge is 0.341 e. The molecule has 1 rings (SSSR count). The quantitative estimate of drug-likeness (QED) is 0.771. The summed E-state index contributed by atoms with van der Waals surface area (Å²) in [5.74, 6) is 1.35. The first kappa shape index (κ1) is 14.8. The lowest BCUT2D eigenvalue weighted by molar-refractivity contribution is 0.0527. The standard InChI is InChI=1S/C13H20N2O2S/c1-4-17-13(16)11-6-5-8-14-12(11)15-10(2)7-9-18-3/h5-6,8,10H,4,7,9H2,1-3H3,(H,14,15). The maximum absolute atomic E-state index is 11.8. The molecule has 0 aliphatic heterocycles. The van der Waals surface area contributed by atoms with Crippen LogP contribution in [0.3, 0.4) is 0 Å². The Morgan fingerprint density at radius 1 is 1.61 bits per heavy atom. The molecule has 0 spiro atoms. The zero-order valence-corrected chi connectivity index (χ0v) is 11.9. The van der Waals surface area contributed by atoms with Gasteiger partial charge in [0.25, 0.3) is 0 Å². The Labute approximate surface area is 113 Å². The van der Waals surface area contributed by atoms with Crippen molar-refractivity contribution in [3.63, 3.8) is 0 Å². The molecule has 0 radical (unpaired) electrons. The lowest BCUT2D eigenvalue weighted by Crippen LogP contribution is -2.19. The SMILES string of the molecule is CCOC(=O)c1cccnc1NC(C)CCSC. The average molecular weight is 268 g/mol. The lowest BCUT2D eigenvalue weighted by Gasteiger charge is -2.16. The highest BCUT2D eigenvalue weighted by atomic mass is 32.2. The average Bonchev–Trinajstić information content (AvgIpc) is 2.37. The summed E-state index contributed by atoms with van der Waals surface area (Å²) >= 11 is 1.81. The van der Waals surface area contributed by atoms with Gasteiger partial charge in [0.15, 0.2) is 0 Å². The van der Waals surface area contributed by atoms with E-state index in [9.17, 15) is 4.79 Å². The summed E-state index contributed by atoms with van der Waals surface area (Å²) in [6.45, 7) is 4.25. The minimum Gasteiger partial charge on any atom is -0.462 e. The van der Waals surface area contributed by atoms with Gasteiger partial charge < -0.3 is 10.1 Å². The second-order valence-corrected chi connectivity index (χ2v) is 4.93.